The van der Waals surface area contributed by atoms with Crippen molar-refractivity contribution < 1.29 is 164 Å². The summed E-state index contributed by atoms with van der Waals surface area (Å²) in [5.41, 5.74) is 0. The number of aliphatic carboxylic acids is 4. The third kappa shape index (κ3) is 31.3. The van der Waals surface area contributed by atoms with Crippen LogP contribution in [0, 0.1) is 0 Å². The summed E-state index contributed by atoms with van der Waals surface area (Å²) in [4.78, 5) is 35.7. The van der Waals surface area contributed by atoms with Crippen LogP contribution in [0.5, 0.6) is 0 Å². The van der Waals surface area contributed by atoms with Crippen molar-refractivity contribution in [2.75, 3.05) is 0 Å². The first-order valence-corrected chi connectivity index (χ1v) is 2.13. The molecule has 0 heterocycles. The Labute approximate surface area is 184 Å². The van der Waals surface area contributed by atoms with Crippen molar-refractivity contribution in [1.82, 2.24) is 0 Å². The van der Waals surface area contributed by atoms with Crippen LogP contribution in [0.15, 0.2) is 0 Å². The zero-order valence-electron chi connectivity index (χ0n) is 7.77. The Morgan fingerprint density at radius 2 is 0.600 bits per heavy atom. The van der Waals surface area contributed by atoms with Crippen LogP contribution in [0.2, 0.25) is 0 Å². The van der Waals surface area contributed by atoms with Crippen molar-refractivity contribution in [3.05, 3.63) is 0 Å². The van der Waals surface area contributed by atoms with Crippen LogP contribution >= 0.6 is 0 Å². The molecular formula is C4K2O8Ti+2. The van der Waals surface area contributed by atoms with Crippen LogP contribution < -0.4 is 123 Å². The zero-order valence-corrected chi connectivity index (χ0v) is 15.6. The number of carboxylic acids is 4. The number of rotatable bonds is 0. The molecule has 0 aromatic heterocycles. The Morgan fingerprint density at radius 3 is 0.600 bits per heavy atom. The van der Waals surface area contributed by atoms with E-state index in [1.165, 1.54) is 0 Å². The minimum absolute atomic E-state index is 0. The number of carbonyl (C=O) groups is 4. The SMILES string of the molecule is O=C([O-])C(=O)[O-].O=C([O-])C(=O)[O-].[K+].[K+].[Ti+4]. The van der Waals surface area contributed by atoms with E-state index in [-0.39, 0.29) is 124 Å². The van der Waals surface area contributed by atoms with Crippen LogP contribution in [-0.2, 0) is 40.9 Å². The molecule has 0 bridgehead atoms. The van der Waals surface area contributed by atoms with E-state index in [0.29, 0.717) is 0 Å². The molecule has 0 saturated carbocycles. The maximum atomic E-state index is 8.93. The predicted octanol–water partition coefficient (Wildman–Crippen LogP) is -13.0. The molecule has 0 spiro atoms. The van der Waals surface area contributed by atoms with Crippen molar-refractivity contribution >= 4 is 23.9 Å². The standard InChI is InChI=1S/2C2H2O4.2K.Ti/c2*3-1(4)2(5)6;;;/h2*(H,3,4)(H,5,6);;;/q;;2*+1;+4/p-4. The molecule has 0 aromatic carbocycles. The van der Waals surface area contributed by atoms with E-state index in [0.717, 1.165) is 0 Å². The van der Waals surface area contributed by atoms with Crippen molar-refractivity contribution in [3.63, 3.8) is 0 Å². The molecule has 0 aliphatic heterocycles. The molecule has 0 N–H and O–H groups in total. The van der Waals surface area contributed by atoms with Gasteiger partial charge < -0.3 is 39.6 Å². The van der Waals surface area contributed by atoms with E-state index in [1.54, 1.807) is 0 Å². The van der Waals surface area contributed by atoms with E-state index in [4.69, 9.17) is 39.6 Å². The second-order valence-electron chi connectivity index (χ2n) is 1.15. The van der Waals surface area contributed by atoms with E-state index in [2.05, 4.69) is 0 Å². The monoisotopic (exact) mass is 302 g/mol. The number of hydrogen-bond donors (Lipinski definition) is 0. The van der Waals surface area contributed by atoms with E-state index < -0.39 is 23.9 Å². The Kier molecular flexibility index (Phi) is 36.7. The van der Waals surface area contributed by atoms with Gasteiger partial charge in [-0.05, 0) is 0 Å². The molecule has 0 aliphatic rings. The van der Waals surface area contributed by atoms with Crippen LogP contribution in [0.25, 0.3) is 0 Å². The van der Waals surface area contributed by atoms with Crippen LogP contribution in [0.4, 0.5) is 0 Å². The maximum Gasteiger partial charge on any atom is 4.00 e. The van der Waals surface area contributed by atoms with Gasteiger partial charge >= 0.3 is 124 Å². The van der Waals surface area contributed by atoms with Crippen molar-refractivity contribution in [2.45, 2.75) is 0 Å². The molecule has 0 unspecified atom stereocenters. The summed E-state index contributed by atoms with van der Waals surface area (Å²) in [5, 5.41) is 35.7. The summed E-state index contributed by atoms with van der Waals surface area (Å²) in [6.07, 6.45) is 0. The van der Waals surface area contributed by atoms with Crippen LogP contribution in [0.3, 0.4) is 0 Å². The Hall–Kier alpha value is 1.87. The smallest absolute Gasteiger partial charge is 0.543 e. The number of carbonyl (C=O) groups excluding carboxylic acids is 4. The fraction of sp³-hybridized carbons (Fsp3) is 0. The molecule has 11 heteroatoms. The van der Waals surface area contributed by atoms with E-state index in [9.17, 15) is 0 Å². The Balaban J connectivity index is -0.0000000370. The normalized spacial score (nSPS) is 5.87. The second kappa shape index (κ2) is 18.2. The predicted molar refractivity (Wildman–Crippen MR) is 20.0 cm³/mol. The van der Waals surface area contributed by atoms with E-state index >= 15 is 0 Å². The summed E-state index contributed by atoms with van der Waals surface area (Å²) < 4.78 is 0. The zero-order chi connectivity index (χ0) is 10.3. The van der Waals surface area contributed by atoms with Crippen LogP contribution in [-0.4, -0.2) is 23.9 Å². The van der Waals surface area contributed by atoms with Gasteiger partial charge in [0.05, 0.1) is 23.9 Å². The van der Waals surface area contributed by atoms with Crippen LogP contribution in [0.1, 0.15) is 0 Å². The first kappa shape index (κ1) is 30.2. The molecule has 0 fully saturated rings. The fourth-order valence-electron chi connectivity index (χ4n) is 0. The Bertz CT molecular complexity index is 181. The third-order valence-electron chi connectivity index (χ3n) is 0.333. The Morgan fingerprint density at radius 1 is 0.533 bits per heavy atom. The molecule has 0 amide bonds. The van der Waals surface area contributed by atoms with Gasteiger partial charge in [-0.1, -0.05) is 0 Å². The molecule has 15 heavy (non-hydrogen) atoms. The molecular weight excluding hydrogens is 302 g/mol. The minimum atomic E-state index is -2.19. The molecule has 0 radical (unpaired) electrons. The summed E-state index contributed by atoms with van der Waals surface area (Å²) in [6, 6.07) is 0. The summed E-state index contributed by atoms with van der Waals surface area (Å²) >= 11 is 0. The molecule has 0 atom stereocenters. The van der Waals surface area contributed by atoms with Gasteiger partial charge in [0, 0.05) is 0 Å². The first-order chi connectivity index (χ1) is 5.29. The van der Waals surface area contributed by atoms with Gasteiger partial charge in [0.15, 0.2) is 0 Å². The average Bonchev–Trinajstić information content (AvgIpc) is 1.88. The average molecular weight is 302 g/mol. The summed E-state index contributed by atoms with van der Waals surface area (Å²) in [7, 11) is 0. The number of carboxylic acid groups (broad SMARTS) is 4. The first-order valence-electron chi connectivity index (χ1n) is 2.13. The van der Waals surface area contributed by atoms with Gasteiger partial charge in [-0.3, -0.25) is 0 Å². The van der Waals surface area contributed by atoms with Gasteiger partial charge in [0.25, 0.3) is 0 Å². The van der Waals surface area contributed by atoms with Gasteiger partial charge in [-0.2, -0.15) is 0 Å². The summed E-state index contributed by atoms with van der Waals surface area (Å²) in [5.74, 6) is -8.74. The topological polar surface area (TPSA) is 161 Å². The second-order valence-corrected chi connectivity index (χ2v) is 1.15. The van der Waals surface area contributed by atoms with Gasteiger partial charge in [-0.25, -0.2) is 0 Å². The minimum Gasteiger partial charge on any atom is -0.543 e. The van der Waals surface area contributed by atoms with Gasteiger partial charge in [0.2, 0.25) is 0 Å². The van der Waals surface area contributed by atoms with Gasteiger partial charge in [-0.15, -0.1) is 0 Å². The van der Waals surface area contributed by atoms with Gasteiger partial charge in [0.1, 0.15) is 0 Å². The molecule has 0 aliphatic carbocycles. The largest absolute Gasteiger partial charge is 4.00 e. The fourth-order valence-corrected chi connectivity index (χ4v) is 0. The van der Waals surface area contributed by atoms with Crippen molar-refractivity contribution in [2.24, 2.45) is 0 Å². The summed E-state index contributed by atoms with van der Waals surface area (Å²) in [6.45, 7) is 0. The van der Waals surface area contributed by atoms with Crippen molar-refractivity contribution in [1.29, 1.82) is 0 Å². The van der Waals surface area contributed by atoms with E-state index in [1.807, 2.05) is 0 Å². The molecule has 0 aromatic rings. The molecule has 68 valence electrons. The molecule has 0 rings (SSSR count). The van der Waals surface area contributed by atoms with Crippen molar-refractivity contribution in [3.8, 4) is 0 Å². The third-order valence-corrected chi connectivity index (χ3v) is 0.333. The molecule has 8 nitrogen and oxygen atoms in total. The quantitative estimate of drug-likeness (QED) is 0.315. The maximum absolute atomic E-state index is 8.93. The number of hydrogen-bond acceptors (Lipinski definition) is 8. The molecule has 0 saturated heterocycles.